The van der Waals surface area contributed by atoms with E-state index in [-0.39, 0.29) is 5.91 Å². The number of carbonyl (C=O) groups excluding carboxylic acids is 1. The SMILES string of the molecule is CCC(=O)N1CCc2c(c3c(-c4cnn(C)c4)cc(Cl)c(Cl)c3n2C)C1. The van der Waals surface area contributed by atoms with E-state index >= 15 is 0 Å². The second-order valence-corrected chi connectivity index (χ2v) is 7.53. The summed E-state index contributed by atoms with van der Waals surface area (Å²) >= 11 is 13.0. The molecule has 5 nitrogen and oxygen atoms in total. The molecular weight excluding hydrogens is 371 g/mol. The Labute approximate surface area is 162 Å². The molecule has 0 aliphatic carbocycles. The molecule has 0 radical (unpaired) electrons. The topological polar surface area (TPSA) is 43.1 Å². The van der Waals surface area contributed by atoms with Crippen LogP contribution in [0.4, 0.5) is 0 Å². The van der Waals surface area contributed by atoms with Gasteiger partial charge in [0.15, 0.2) is 0 Å². The van der Waals surface area contributed by atoms with Crippen LogP contribution in [0.3, 0.4) is 0 Å². The predicted octanol–water partition coefficient (Wildman–Crippen LogP) is 4.18. The van der Waals surface area contributed by atoms with Crippen LogP contribution in [-0.2, 0) is 31.9 Å². The van der Waals surface area contributed by atoms with Crippen molar-refractivity contribution in [2.45, 2.75) is 26.3 Å². The molecule has 3 heterocycles. The number of amides is 1. The number of rotatable bonds is 2. The Kier molecular flexibility index (Phi) is 4.24. The average molecular weight is 391 g/mol. The van der Waals surface area contributed by atoms with E-state index in [0.29, 0.717) is 23.0 Å². The third-order valence-corrected chi connectivity index (χ3v) is 6.00. The summed E-state index contributed by atoms with van der Waals surface area (Å²) in [4.78, 5) is 14.2. The average Bonchev–Trinajstić information content (AvgIpc) is 3.19. The molecule has 26 heavy (non-hydrogen) atoms. The standard InChI is InChI=1S/C19H20Cl2N4O/c1-4-16(26)25-6-5-15-13(10-25)17-12(11-8-22-23(2)9-11)7-14(20)18(21)19(17)24(15)3/h7-9H,4-6,10H2,1-3H3. The van der Waals surface area contributed by atoms with E-state index in [1.807, 2.05) is 44.4 Å². The summed E-state index contributed by atoms with van der Waals surface area (Å²) in [7, 11) is 3.91. The number of aromatic nitrogens is 3. The maximum absolute atomic E-state index is 12.3. The van der Waals surface area contributed by atoms with Gasteiger partial charge in [-0.25, -0.2) is 0 Å². The van der Waals surface area contributed by atoms with Gasteiger partial charge in [-0.1, -0.05) is 30.1 Å². The molecule has 1 aliphatic rings. The van der Waals surface area contributed by atoms with Crippen molar-refractivity contribution >= 4 is 40.0 Å². The van der Waals surface area contributed by atoms with Crippen molar-refractivity contribution in [1.82, 2.24) is 19.2 Å². The van der Waals surface area contributed by atoms with E-state index in [0.717, 1.165) is 40.6 Å². The number of fused-ring (bicyclic) bond motifs is 3. The van der Waals surface area contributed by atoms with Crippen molar-refractivity contribution in [3.8, 4) is 11.1 Å². The summed E-state index contributed by atoms with van der Waals surface area (Å²) in [6.07, 6.45) is 5.13. The summed E-state index contributed by atoms with van der Waals surface area (Å²) in [6, 6.07) is 1.91. The van der Waals surface area contributed by atoms with Crippen LogP contribution in [-0.4, -0.2) is 31.7 Å². The predicted molar refractivity (Wildman–Crippen MR) is 105 cm³/mol. The van der Waals surface area contributed by atoms with Crippen molar-refractivity contribution < 1.29 is 4.79 Å². The lowest BCUT2D eigenvalue weighted by Gasteiger charge is -2.28. The maximum atomic E-state index is 12.3. The smallest absolute Gasteiger partial charge is 0.222 e. The number of hydrogen-bond acceptors (Lipinski definition) is 2. The lowest BCUT2D eigenvalue weighted by Crippen LogP contribution is -2.35. The van der Waals surface area contributed by atoms with Crippen LogP contribution in [0.2, 0.25) is 10.0 Å². The second kappa shape index (κ2) is 6.32. The zero-order valence-corrected chi connectivity index (χ0v) is 16.5. The van der Waals surface area contributed by atoms with Gasteiger partial charge in [0.25, 0.3) is 0 Å². The number of halogens is 2. The highest BCUT2D eigenvalue weighted by Gasteiger charge is 2.28. The van der Waals surface area contributed by atoms with Gasteiger partial charge in [0.2, 0.25) is 5.91 Å². The molecule has 1 aliphatic heterocycles. The van der Waals surface area contributed by atoms with E-state index < -0.39 is 0 Å². The van der Waals surface area contributed by atoms with Gasteiger partial charge in [-0.05, 0) is 11.6 Å². The number of nitrogens with zero attached hydrogens (tertiary/aromatic N) is 4. The fourth-order valence-electron chi connectivity index (χ4n) is 3.94. The first-order chi connectivity index (χ1) is 12.4. The third kappa shape index (κ3) is 2.53. The summed E-state index contributed by atoms with van der Waals surface area (Å²) < 4.78 is 3.90. The van der Waals surface area contributed by atoms with Crippen LogP contribution in [0, 0.1) is 0 Å². The first-order valence-electron chi connectivity index (χ1n) is 8.67. The van der Waals surface area contributed by atoms with E-state index in [4.69, 9.17) is 23.2 Å². The van der Waals surface area contributed by atoms with Crippen molar-refractivity contribution in [2.75, 3.05) is 6.54 Å². The van der Waals surface area contributed by atoms with Crippen LogP contribution < -0.4 is 0 Å². The van der Waals surface area contributed by atoms with Gasteiger partial charge in [-0.3, -0.25) is 9.48 Å². The summed E-state index contributed by atoms with van der Waals surface area (Å²) in [5, 5.41) is 6.45. The quantitative estimate of drug-likeness (QED) is 0.658. The van der Waals surface area contributed by atoms with Gasteiger partial charge in [0, 0.05) is 68.4 Å². The molecule has 0 atom stereocenters. The monoisotopic (exact) mass is 390 g/mol. The molecule has 2 aromatic heterocycles. The Morgan fingerprint density at radius 3 is 2.73 bits per heavy atom. The zero-order chi connectivity index (χ0) is 18.6. The van der Waals surface area contributed by atoms with Crippen molar-refractivity contribution in [2.24, 2.45) is 14.1 Å². The second-order valence-electron chi connectivity index (χ2n) is 6.75. The fraction of sp³-hybridized carbons (Fsp3) is 0.368. The van der Waals surface area contributed by atoms with Crippen molar-refractivity contribution in [3.05, 3.63) is 39.8 Å². The molecule has 136 valence electrons. The number of hydrogen-bond donors (Lipinski definition) is 0. The highest BCUT2D eigenvalue weighted by atomic mass is 35.5. The maximum Gasteiger partial charge on any atom is 0.222 e. The summed E-state index contributed by atoms with van der Waals surface area (Å²) in [6.45, 7) is 3.24. The molecule has 0 N–H and O–H groups in total. The fourth-order valence-corrected chi connectivity index (χ4v) is 4.41. The first kappa shape index (κ1) is 17.4. The van der Waals surface area contributed by atoms with Crippen LogP contribution in [0.25, 0.3) is 22.0 Å². The van der Waals surface area contributed by atoms with Crippen molar-refractivity contribution in [3.63, 3.8) is 0 Å². The van der Waals surface area contributed by atoms with E-state index in [1.165, 1.54) is 5.69 Å². The molecule has 1 amide bonds. The van der Waals surface area contributed by atoms with Crippen LogP contribution >= 0.6 is 23.2 Å². The Balaban J connectivity index is 2.02. The molecule has 3 aromatic rings. The molecule has 1 aromatic carbocycles. The minimum atomic E-state index is 0.177. The highest BCUT2D eigenvalue weighted by Crippen LogP contribution is 2.43. The van der Waals surface area contributed by atoms with E-state index in [1.54, 1.807) is 4.68 Å². The molecule has 7 heteroatoms. The van der Waals surface area contributed by atoms with Gasteiger partial charge >= 0.3 is 0 Å². The Bertz CT molecular complexity index is 1030. The van der Waals surface area contributed by atoms with E-state index in [2.05, 4.69) is 9.67 Å². The van der Waals surface area contributed by atoms with Gasteiger partial charge < -0.3 is 9.47 Å². The van der Waals surface area contributed by atoms with Crippen LogP contribution in [0.5, 0.6) is 0 Å². The first-order valence-corrected chi connectivity index (χ1v) is 9.42. The minimum Gasteiger partial charge on any atom is -0.346 e. The Morgan fingerprint density at radius 2 is 2.08 bits per heavy atom. The lowest BCUT2D eigenvalue weighted by molar-refractivity contribution is -0.131. The molecule has 0 saturated heterocycles. The molecule has 4 rings (SSSR count). The van der Waals surface area contributed by atoms with Crippen LogP contribution in [0.1, 0.15) is 24.6 Å². The Hall–Kier alpha value is -1.98. The molecule has 0 unspecified atom stereocenters. The van der Waals surface area contributed by atoms with Gasteiger partial charge in [0.05, 0.1) is 21.8 Å². The number of carbonyl (C=O) groups is 1. The summed E-state index contributed by atoms with van der Waals surface area (Å²) in [5.41, 5.74) is 5.30. The Morgan fingerprint density at radius 1 is 1.31 bits per heavy atom. The number of aryl methyl sites for hydroxylation is 2. The van der Waals surface area contributed by atoms with E-state index in [9.17, 15) is 4.79 Å². The summed E-state index contributed by atoms with van der Waals surface area (Å²) in [5.74, 6) is 0.177. The normalized spacial score (nSPS) is 14.1. The molecule has 0 fully saturated rings. The van der Waals surface area contributed by atoms with Crippen LogP contribution in [0.15, 0.2) is 18.5 Å². The molecule has 0 bridgehead atoms. The van der Waals surface area contributed by atoms with Gasteiger partial charge in [0.1, 0.15) is 0 Å². The minimum absolute atomic E-state index is 0.177. The highest BCUT2D eigenvalue weighted by molar-refractivity contribution is 6.45. The number of benzene rings is 1. The third-order valence-electron chi connectivity index (χ3n) is 5.22. The molecular formula is C19H20Cl2N4O. The zero-order valence-electron chi connectivity index (χ0n) is 15.0. The van der Waals surface area contributed by atoms with Crippen molar-refractivity contribution in [1.29, 1.82) is 0 Å². The molecule has 0 saturated carbocycles. The lowest BCUT2D eigenvalue weighted by atomic mass is 9.97. The largest absolute Gasteiger partial charge is 0.346 e. The van der Waals surface area contributed by atoms with Gasteiger partial charge in [-0.15, -0.1) is 0 Å². The van der Waals surface area contributed by atoms with Gasteiger partial charge in [-0.2, -0.15) is 5.10 Å². The molecule has 0 spiro atoms.